The number of hydrogen-bond donors (Lipinski definition) is 1. The smallest absolute Gasteiger partial charge is 0.241 e. The van der Waals surface area contributed by atoms with Gasteiger partial charge in [-0.2, -0.15) is 0 Å². The Morgan fingerprint density at radius 2 is 1.95 bits per heavy atom. The third-order valence-corrected chi connectivity index (χ3v) is 4.20. The summed E-state index contributed by atoms with van der Waals surface area (Å²) in [4.78, 5) is 27.1. The summed E-state index contributed by atoms with van der Waals surface area (Å²) in [6.45, 7) is 0.362. The van der Waals surface area contributed by atoms with E-state index in [4.69, 9.17) is 0 Å². The lowest BCUT2D eigenvalue weighted by Gasteiger charge is -2.32. The van der Waals surface area contributed by atoms with Crippen molar-refractivity contribution in [2.24, 2.45) is 0 Å². The molecule has 0 saturated heterocycles. The zero-order chi connectivity index (χ0) is 16.1. The Morgan fingerprint density at radius 3 is 2.68 bits per heavy atom. The van der Waals surface area contributed by atoms with Crippen LogP contribution in [-0.2, 0) is 16.0 Å². The van der Waals surface area contributed by atoms with Crippen LogP contribution in [-0.4, -0.2) is 55.8 Å². The SMILES string of the molecule is CN(C)C(=O)CNC(=O)CN(C)[C@@H]1CCCc2ccccc21. The molecular weight excluding hydrogens is 278 g/mol. The molecule has 0 fully saturated rings. The minimum atomic E-state index is -0.110. The summed E-state index contributed by atoms with van der Waals surface area (Å²) in [7, 11) is 5.33. The Bertz CT molecular complexity index is 542. The summed E-state index contributed by atoms with van der Waals surface area (Å²) in [5.74, 6) is -0.209. The van der Waals surface area contributed by atoms with Crippen molar-refractivity contribution < 1.29 is 9.59 Å². The fraction of sp³-hybridized carbons (Fsp3) is 0.529. The number of amides is 2. The van der Waals surface area contributed by atoms with E-state index < -0.39 is 0 Å². The fourth-order valence-corrected chi connectivity index (χ4v) is 2.91. The molecule has 2 rings (SSSR count). The maximum absolute atomic E-state index is 12.0. The van der Waals surface area contributed by atoms with Gasteiger partial charge in [0.25, 0.3) is 0 Å². The van der Waals surface area contributed by atoms with Crippen LogP contribution in [0.4, 0.5) is 0 Å². The Balaban J connectivity index is 1.91. The van der Waals surface area contributed by atoms with Crippen LogP contribution in [0.3, 0.4) is 0 Å². The van der Waals surface area contributed by atoms with Crippen LogP contribution < -0.4 is 5.32 Å². The van der Waals surface area contributed by atoms with E-state index in [2.05, 4.69) is 34.5 Å². The van der Waals surface area contributed by atoms with Crippen LogP contribution in [0, 0.1) is 0 Å². The summed E-state index contributed by atoms with van der Waals surface area (Å²) in [6.07, 6.45) is 3.33. The normalized spacial score (nSPS) is 17.0. The van der Waals surface area contributed by atoms with Gasteiger partial charge in [-0.15, -0.1) is 0 Å². The summed E-state index contributed by atoms with van der Waals surface area (Å²) in [6, 6.07) is 8.73. The molecular formula is C17H25N3O2. The molecule has 0 heterocycles. The van der Waals surface area contributed by atoms with Gasteiger partial charge in [-0.1, -0.05) is 24.3 Å². The molecule has 1 aromatic carbocycles. The third kappa shape index (κ3) is 4.07. The quantitative estimate of drug-likeness (QED) is 0.889. The molecule has 5 nitrogen and oxygen atoms in total. The van der Waals surface area contributed by atoms with Crippen molar-refractivity contribution in [3.8, 4) is 0 Å². The molecule has 22 heavy (non-hydrogen) atoms. The molecule has 1 aliphatic carbocycles. The number of benzene rings is 1. The number of carbonyl (C=O) groups is 2. The third-order valence-electron chi connectivity index (χ3n) is 4.20. The number of nitrogens with one attached hydrogen (secondary N) is 1. The van der Waals surface area contributed by atoms with Crippen molar-refractivity contribution in [1.82, 2.24) is 15.1 Å². The first-order valence-corrected chi connectivity index (χ1v) is 7.74. The van der Waals surface area contributed by atoms with Crippen LogP contribution in [0.2, 0.25) is 0 Å². The van der Waals surface area contributed by atoms with Crippen LogP contribution in [0.5, 0.6) is 0 Å². The van der Waals surface area contributed by atoms with Gasteiger partial charge in [-0.05, 0) is 37.4 Å². The Morgan fingerprint density at radius 1 is 1.23 bits per heavy atom. The number of likely N-dealkylation sites (N-methyl/N-ethyl adjacent to an activating group) is 2. The number of fused-ring (bicyclic) bond motifs is 1. The molecule has 0 aliphatic heterocycles. The monoisotopic (exact) mass is 303 g/mol. The highest BCUT2D eigenvalue weighted by Crippen LogP contribution is 2.33. The zero-order valence-electron chi connectivity index (χ0n) is 13.6. The van der Waals surface area contributed by atoms with E-state index in [-0.39, 0.29) is 24.4 Å². The molecule has 1 N–H and O–H groups in total. The topological polar surface area (TPSA) is 52.7 Å². The number of carbonyl (C=O) groups excluding carboxylic acids is 2. The molecule has 0 radical (unpaired) electrons. The lowest BCUT2D eigenvalue weighted by Crippen LogP contribution is -2.42. The number of aryl methyl sites for hydroxylation is 1. The van der Waals surface area contributed by atoms with Gasteiger partial charge in [0.05, 0.1) is 13.1 Å². The van der Waals surface area contributed by atoms with E-state index in [1.807, 2.05) is 7.05 Å². The molecule has 0 spiro atoms. The first-order chi connectivity index (χ1) is 10.5. The van der Waals surface area contributed by atoms with Gasteiger partial charge in [0.2, 0.25) is 11.8 Å². The van der Waals surface area contributed by atoms with Crippen LogP contribution >= 0.6 is 0 Å². The molecule has 1 atom stereocenters. The maximum atomic E-state index is 12.0. The molecule has 0 unspecified atom stereocenters. The van der Waals surface area contributed by atoms with Crippen molar-refractivity contribution in [3.63, 3.8) is 0 Å². The first-order valence-electron chi connectivity index (χ1n) is 7.74. The van der Waals surface area contributed by atoms with E-state index in [0.29, 0.717) is 6.54 Å². The van der Waals surface area contributed by atoms with E-state index in [9.17, 15) is 9.59 Å². The lowest BCUT2D eigenvalue weighted by molar-refractivity contribution is -0.131. The predicted octanol–water partition coefficient (Wildman–Crippen LogP) is 1.20. The van der Waals surface area contributed by atoms with Gasteiger partial charge < -0.3 is 10.2 Å². The average Bonchev–Trinajstić information content (AvgIpc) is 2.51. The lowest BCUT2D eigenvalue weighted by atomic mass is 9.87. The second-order valence-corrected chi connectivity index (χ2v) is 6.09. The number of hydrogen-bond acceptors (Lipinski definition) is 3. The van der Waals surface area contributed by atoms with Gasteiger partial charge in [0.15, 0.2) is 0 Å². The van der Waals surface area contributed by atoms with Crippen molar-refractivity contribution in [1.29, 1.82) is 0 Å². The largest absolute Gasteiger partial charge is 0.347 e. The summed E-state index contributed by atoms with van der Waals surface area (Å²) < 4.78 is 0. The van der Waals surface area contributed by atoms with Crippen LogP contribution in [0.15, 0.2) is 24.3 Å². The van der Waals surface area contributed by atoms with Gasteiger partial charge in [-0.25, -0.2) is 0 Å². The summed E-state index contributed by atoms with van der Waals surface area (Å²) in [5.41, 5.74) is 2.71. The highest BCUT2D eigenvalue weighted by atomic mass is 16.2. The second-order valence-electron chi connectivity index (χ2n) is 6.09. The minimum absolute atomic E-state index is 0.0565. The van der Waals surface area contributed by atoms with E-state index in [1.165, 1.54) is 16.0 Å². The Hall–Kier alpha value is -1.88. The molecule has 120 valence electrons. The fourth-order valence-electron chi connectivity index (χ4n) is 2.91. The average molecular weight is 303 g/mol. The van der Waals surface area contributed by atoms with Crippen molar-refractivity contribution in [2.45, 2.75) is 25.3 Å². The van der Waals surface area contributed by atoms with Crippen LogP contribution in [0.1, 0.15) is 30.0 Å². The van der Waals surface area contributed by atoms with E-state index in [1.54, 1.807) is 14.1 Å². The van der Waals surface area contributed by atoms with Crippen molar-refractivity contribution in [2.75, 3.05) is 34.2 Å². The molecule has 1 aliphatic rings. The highest BCUT2D eigenvalue weighted by Gasteiger charge is 2.24. The molecule has 5 heteroatoms. The number of rotatable bonds is 5. The van der Waals surface area contributed by atoms with E-state index in [0.717, 1.165) is 19.3 Å². The van der Waals surface area contributed by atoms with Crippen LogP contribution in [0.25, 0.3) is 0 Å². The molecule has 0 bridgehead atoms. The summed E-state index contributed by atoms with van der Waals surface area (Å²) in [5, 5.41) is 2.69. The first kappa shape index (κ1) is 16.5. The number of nitrogens with zero attached hydrogens (tertiary/aromatic N) is 2. The van der Waals surface area contributed by atoms with Crippen molar-refractivity contribution in [3.05, 3.63) is 35.4 Å². The molecule has 0 aromatic heterocycles. The Labute approximate surface area is 132 Å². The second kappa shape index (κ2) is 7.40. The zero-order valence-corrected chi connectivity index (χ0v) is 13.6. The molecule has 2 amide bonds. The van der Waals surface area contributed by atoms with Crippen molar-refractivity contribution >= 4 is 11.8 Å². The standard InChI is InChI=1S/C17H25N3O2/c1-19(2)17(22)11-18-16(21)12-20(3)15-10-6-8-13-7-4-5-9-14(13)15/h4-5,7,9,15H,6,8,10-12H2,1-3H3,(H,18,21)/t15-/m1/s1. The van der Waals surface area contributed by atoms with Gasteiger partial charge in [0, 0.05) is 20.1 Å². The van der Waals surface area contributed by atoms with Gasteiger partial charge >= 0.3 is 0 Å². The summed E-state index contributed by atoms with van der Waals surface area (Å²) >= 11 is 0. The minimum Gasteiger partial charge on any atom is -0.347 e. The van der Waals surface area contributed by atoms with Gasteiger partial charge in [-0.3, -0.25) is 14.5 Å². The van der Waals surface area contributed by atoms with Gasteiger partial charge in [0.1, 0.15) is 0 Å². The molecule has 1 aromatic rings. The predicted molar refractivity (Wildman–Crippen MR) is 86.5 cm³/mol. The Kier molecular flexibility index (Phi) is 5.55. The highest BCUT2D eigenvalue weighted by molar-refractivity contribution is 5.85. The molecule has 0 saturated carbocycles. The van der Waals surface area contributed by atoms with E-state index >= 15 is 0 Å². The maximum Gasteiger partial charge on any atom is 0.241 e.